The predicted molar refractivity (Wildman–Crippen MR) is 77.6 cm³/mol. The van der Waals surface area contributed by atoms with E-state index in [9.17, 15) is 0 Å². The minimum atomic E-state index is 0.369. The van der Waals surface area contributed by atoms with Crippen LogP contribution in [-0.4, -0.2) is 16.3 Å². The molecule has 0 amide bonds. The zero-order valence-corrected chi connectivity index (χ0v) is 12.9. The Hall–Kier alpha value is -0.830. The number of nitrogens with one attached hydrogen (secondary N) is 1. The second-order valence-electron chi connectivity index (χ2n) is 6.81. The maximum Gasteiger partial charge on any atom is 0.0537 e. The summed E-state index contributed by atoms with van der Waals surface area (Å²) in [7, 11) is 0. The van der Waals surface area contributed by atoms with Crippen LogP contribution in [0.1, 0.15) is 52.3 Å². The Morgan fingerprint density at radius 3 is 2.56 bits per heavy atom. The van der Waals surface area contributed by atoms with E-state index in [-0.39, 0.29) is 0 Å². The molecule has 0 aromatic carbocycles. The molecule has 1 N–H and O–H groups in total. The number of hydrogen-bond donors (Lipinski definition) is 1. The van der Waals surface area contributed by atoms with Gasteiger partial charge in [-0.05, 0) is 31.2 Å². The van der Waals surface area contributed by atoms with Gasteiger partial charge in [0.25, 0.3) is 0 Å². The third kappa shape index (κ3) is 5.21. The maximum absolute atomic E-state index is 4.49. The minimum absolute atomic E-state index is 0.369. The summed E-state index contributed by atoms with van der Waals surface area (Å²) in [6.45, 7) is 16.5. The van der Waals surface area contributed by atoms with Gasteiger partial charge in [-0.1, -0.05) is 34.6 Å². The smallest absolute Gasteiger partial charge is 0.0537 e. The lowest BCUT2D eigenvalue weighted by Crippen LogP contribution is -2.19. The summed E-state index contributed by atoms with van der Waals surface area (Å²) < 4.78 is 2.14. The van der Waals surface area contributed by atoms with Crippen LogP contribution < -0.4 is 5.32 Å². The molecule has 104 valence electrons. The standard InChI is InChI=1S/C15H29N3/c1-12(2)9-16-10-14-11-17-18(13(14)3)8-7-15(4,5)6/h11-12,16H,7-10H2,1-6H3. The lowest BCUT2D eigenvalue weighted by Gasteiger charge is -2.18. The van der Waals surface area contributed by atoms with Crippen LogP contribution in [0.25, 0.3) is 0 Å². The van der Waals surface area contributed by atoms with Gasteiger partial charge >= 0.3 is 0 Å². The highest BCUT2D eigenvalue weighted by Crippen LogP contribution is 2.20. The zero-order valence-electron chi connectivity index (χ0n) is 12.9. The average molecular weight is 251 g/mol. The highest BCUT2D eigenvalue weighted by atomic mass is 15.3. The van der Waals surface area contributed by atoms with E-state index in [2.05, 4.69) is 56.6 Å². The van der Waals surface area contributed by atoms with Crippen LogP contribution in [0.2, 0.25) is 0 Å². The molecule has 0 aliphatic carbocycles. The fraction of sp³-hybridized carbons (Fsp3) is 0.800. The van der Waals surface area contributed by atoms with Crippen LogP contribution >= 0.6 is 0 Å². The van der Waals surface area contributed by atoms with Crippen molar-refractivity contribution < 1.29 is 0 Å². The van der Waals surface area contributed by atoms with Gasteiger partial charge in [-0.2, -0.15) is 5.10 Å². The molecule has 3 heteroatoms. The monoisotopic (exact) mass is 251 g/mol. The normalized spacial score (nSPS) is 12.4. The quantitative estimate of drug-likeness (QED) is 0.840. The largest absolute Gasteiger partial charge is 0.312 e. The lowest BCUT2D eigenvalue weighted by atomic mass is 9.92. The Labute approximate surface area is 112 Å². The highest BCUT2D eigenvalue weighted by molar-refractivity contribution is 5.15. The van der Waals surface area contributed by atoms with Crippen molar-refractivity contribution in [3.05, 3.63) is 17.5 Å². The second-order valence-corrected chi connectivity index (χ2v) is 6.81. The molecule has 0 bridgehead atoms. The minimum Gasteiger partial charge on any atom is -0.312 e. The first-order valence-corrected chi connectivity index (χ1v) is 7.01. The highest BCUT2D eigenvalue weighted by Gasteiger charge is 2.12. The molecule has 0 atom stereocenters. The summed E-state index contributed by atoms with van der Waals surface area (Å²) in [5, 5.41) is 7.97. The van der Waals surface area contributed by atoms with Gasteiger partial charge < -0.3 is 5.32 Å². The van der Waals surface area contributed by atoms with Crippen molar-refractivity contribution in [3.8, 4) is 0 Å². The molecule has 1 heterocycles. The number of hydrogen-bond acceptors (Lipinski definition) is 2. The predicted octanol–water partition coefficient (Wildman–Crippen LogP) is 3.37. The molecule has 0 unspecified atom stereocenters. The van der Waals surface area contributed by atoms with Crippen LogP contribution in [-0.2, 0) is 13.1 Å². The van der Waals surface area contributed by atoms with Crippen LogP contribution in [0.15, 0.2) is 6.20 Å². The molecule has 0 spiro atoms. The molecular formula is C15H29N3. The molecule has 1 aromatic rings. The Kier molecular flexibility index (Phi) is 5.39. The van der Waals surface area contributed by atoms with E-state index in [0.717, 1.165) is 26.1 Å². The third-order valence-corrected chi connectivity index (χ3v) is 3.15. The molecular weight excluding hydrogens is 222 g/mol. The maximum atomic E-state index is 4.49. The summed E-state index contributed by atoms with van der Waals surface area (Å²) in [5.41, 5.74) is 2.99. The van der Waals surface area contributed by atoms with E-state index in [1.165, 1.54) is 11.3 Å². The Balaban J connectivity index is 2.50. The van der Waals surface area contributed by atoms with E-state index in [1.54, 1.807) is 0 Å². The van der Waals surface area contributed by atoms with Crippen molar-refractivity contribution in [2.24, 2.45) is 11.3 Å². The lowest BCUT2D eigenvalue weighted by molar-refractivity contribution is 0.339. The van der Waals surface area contributed by atoms with Crippen molar-refractivity contribution in [3.63, 3.8) is 0 Å². The van der Waals surface area contributed by atoms with Crippen molar-refractivity contribution >= 4 is 0 Å². The number of nitrogens with zero attached hydrogens (tertiary/aromatic N) is 2. The average Bonchev–Trinajstić information content (AvgIpc) is 2.56. The van der Waals surface area contributed by atoms with Gasteiger partial charge in [-0.3, -0.25) is 4.68 Å². The van der Waals surface area contributed by atoms with Gasteiger partial charge in [0.15, 0.2) is 0 Å². The molecule has 0 saturated heterocycles. The van der Waals surface area contributed by atoms with E-state index < -0.39 is 0 Å². The summed E-state index contributed by atoms with van der Waals surface area (Å²) in [6.07, 6.45) is 3.17. The molecule has 0 radical (unpaired) electrons. The Morgan fingerprint density at radius 1 is 1.33 bits per heavy atom. The summed E-state index contributed by atoms with van der Waals surface area (Å²) >= 11 is 0. The van der Waals surface area contributed by atoms with Gasteiger partial charge in [-0.15, -0.1) is 0 Å². The van der Waals surface area contributed by atoms with Crippen molar-refractivity contribution in [1.29, 1.82) is 0 Å². The molecule has 0 saturated carbocycles. The molecule has 3 nitrogen and oxygen atoms in total. The molecule has 1 rings (SSSR count). The number of aryl methyl sites for hydroxylation is 1. The molecule has 18 heavy (non-hydrogen) atoms. The van der Waals surface area contributed by atoms with E-state index in [1.807, 2.05) is 6.20 Å². The second kappa shape index (κ2) is 6.37. The van der Waals surface area contributed by atoms with E-state index in [0.29, 0.717) is 11.3 Å². The van der Waals surface area contributed by atoms with Gasteiger partial charge in [0.05, 0.1) is 6.20 Å². The van der Waals surface area contributed by atoms with Crippen molar-refractivity contribution in [2.75, 3.05) is 6.54 Å². The molecule has 0 aliphatic heterocycles. The van der Waals surface area contributed by atoms with Crippen LogP contribution in [0, 0.1) is 18.3 Å². The number of rotatable bonds is 6. The van der Waals surface area contributed by atoms with Crippen molar-refractivity contribution in [1.82, 2.24) is 15.1 Å². The van der Waals surface area contributed by atoms with Gasteiger partial charge in [-0.25, -0.2) is 0 Å². The summed E-state index contributed by atoms with van der Waals surface area (Å²) in [6, 6.07) is 0. The summed E-state index contributed by atoms with van der Waals surface area (Å²) in [5.74, 6) is 0.696. The Morgan fingerprint density at radius 2 is 2.00 bits per heavy atom. The van der Waals surface area contributed by atoms with Gasteiger partial charge in [0.2, 0.25) is 0 Å². The van der Waals surface area contributed by atoms with E-state index in [4.69, 9.17) is 0 Å². The van der Waals surface area contributed by atoms with Crippen LogP contribution in [0.4, 0.5) is 0 Å². The topological polar surface area (TPSA) is 29.9 Å². The van der Waals surface area contributed by atoms with Gasteiger partial charge in [0, 0.05) is 24.3 Å². The van der Waals surface area contributed by atoms with E-state index >= 15 is 0 Å². The SMILES string of the molecule is Cc1c(CNCC(C)C)cnn1CCC(C)(C)C. The van der Waals surface area contributed by atoms with Gasteiger partial charge in [0.1, 0.15) is 0 Å². The van der Waals surface area contributed by atoms with Crippen LogP contribution in [0.3, 0.4) is 0 Å². The fourth-order valence-corrected chi connectivity index (χ4v) is 1.82. The molecule has 0 fully saturated rings. The number of aromatic nitrogens is 2. The Bertz CT molecular complexity index is 358. The molecule has 1 aromatic heterocycles. The first-order chi connectivity index (χ1) is 8.29. The fourth-order valence-electron chi connectivity index (χ4n) is 1.82. The summed E-state index contributed by atoms with van der Waals surface area (Å²) in [4.78, 5) is 0. The molecule has 0 aliphatic rings. The van der Waals surface area contributed by atoms with Crippen molar-refractivity contribution in [2.45, 2.75) is 61.1 Å². The zero-order chi connectivity index (χ0) is 13.8. The first-order valence-electron chi connectivity index (χ1n) is 7.01. The van der Waals surface area contributed by atoms with Crippen LogP contribution in [0.5, 0.6) is 0 Å². The third-order valence-electron chi connectivity index (χ3n) is 3.15. The first kappa shape index (κ1) is 15.2.